The molecule has 0 aliphatic carbocycles. The molecule has 0 spiro atoms. The van der Waals surface area contributed by atoms with E-state index in [0.717, 1.165) is 35.2 Å². The number of amides is 2. The van der Waals surface area contributed by atoms with Crippen molar-refractivity contribution >= 4 is 45.2 Å². The maximum Gasteiger partial charge on any atom is 0.253 e. The van der Waals surface area contributed by atoms with Crippen LogP contribution in [0.25, 0.3) is 0 Å². The topological polar surface area (TPSA) is 67.4 Å². The Hall–Kier alpha value is -1.83. The summed E-state index contributed by atoms with van der Waals surface area (Å²) in [5.41, 5.74) is 2.16. The van der Waals surface area contributed by atoms with Gasteiger partial charge in [-0.1, -0.05) is 40.2 Å². The van der Waals surface area contributed by atoms with Crippen LogP contribution in [0.4, 0.5) is 5.69 Å². The van der Waals surface area contributed by atoms with Crippen molar-refractivity contribution in [3.8, 4) is 0 Å². The molecule has 2 N–H and O–H groups in total. The first-order valence-corrected chi connectivity index (χ1v) is 11.2. The van der Waals surface area contributed by atoms with Crippen LogP contribution in [0.5, 0.6) is 0 Å². The lowest BCUT2D eigenvalue weighted by molar-refractivity contribution is -0.113. The van der Waals surface area contributed by atoms with E-state index in [9.17, 15) is 9.59 Å². The second-order valence-corrected chi connectivity index (χ2v) is 8.46. The van der Waals surface area contributed by atoms with Gasteiger partial charge in [-0.15, -0.1) is 11.8 Å². The van der Waals surface area contributed by atoms with Crippen molar-refractivity contribution in [3.05, 3.63) is 64.1 Å². The molecule has 0 unspecified atom stereocenters. The number of carbonyl (C=O) groups excluding carboxylic acids is 2. The predicted molar refractivity (Wildman–Crippen MR) is 117 cm³/mol. The third-order valence-corrected chi connectivity index (χ3v) is 5.91. The van der Waals surface area contributed by atoms with E-state index in [0.29, 0.717) is 23.5 Å². The lowest BCUT2D eigenvalue weighted by Crippen LogP contribution is -2.32. The molecular formula is C21H23BrN2O3S. The Bertz CT molecular complexity index is 808. The summed E-state index contributed by atoms with van der Waals surface area (Å²) in [5, 5.41) is 5.75. The van der Waals surface area contributed by atoms with Gasteiger partial charge in [-0.3, -0.25) is 9.59 Å². The summed E-state index contributed by atoms with van der Waals surface area (Å²) in [6, 6.07) is 15.1. The Labute approximate surface area is 177 Å². The van der Waals surface area contributed by atoms with Gasteiger partial charge in [0.1, 0.15) is 0 Å². The van der Waals surface area contributed by atoms with Gasteiger partial charge in [0.15, 0.2) is 0 Å². The number of thioether (sulfide) groups is 1. The molecule has 0 bridgehead atoms. The minimum Gasteiger partial charge on any atom is -0.376 e. The van der Waals surface area contributed by atoms with Gasteiger partial charge in [0.05, 0.1) is 23.1 Å². The molecule has 148 valence electrons. The molecule has 1 aliphatic heterocycles. The Morgan fingerprint density at radius 2 is 1.93 bits per heavy atom. The highest BCUT2D eigenvalue weighted by atomic mass is 79.9. The van der Waals surface area contributed by atoms with E-state index in [2.05, 4.69) is 26.6 Å². The summed E-state index contributed by atoms with van der Waals surface area (Å²) >= 11 is 4.95. The molecule has 1 atom stereocenters. The van der Waals surface area contributed by atoms with Crippen LogP contribution in [-0.2, 0) is 15.3 Å². The third-order valence-electron chi connectivity index (χ3n) is 4.38. The molecule has 1 fully saturated rings. The molecule has 0 aromatic heterocycles. The molecule has 1 saturated heterocycles. The van der Waals surface area contributed by atoms with E-state index in [1.165, 1.54) is 11.8 Å². The number of anilines is 1. The van der Waals surface area contributed by atoms with Crippen LogP contribution in [-0.4, -0.2) is 36.8 Å². The molecule has 3 rings (SSSR count). The van der Waals surface area contributed by atoms with Gasteiger partial charge < -0.3 is 15.4 Å². The minimum absolute atomic E-state index is 0.0840. The van der Waals surface area contributed by atoms with Crippen LogP contribution >= 0.6 is 27.7 Å². The van der Waals surface area contributed by atoms with E-state index in [4.69, 9.17) is 4.74 Å². The smallest absolute Gasteiger partial charge is 0.253 e. The normalized spacial score (nSPS) is 16.0. The van der Waals surface area contributed by atoms with Gasteiger partial charge in [0.25, 0.3) is 5.91 Å². The monoisotopic (exact) mass is 462 g/mol. The number of hydrogen-bond donors (Lipinski definition) is 2. The van der Waals surface area contributed by atoms with Crippen LogP contribution in [0.1, 0.15) is 28.8 Å². The molecule has 7 heteroatoms. The summed E-state index contributed by atoms with van der Waals surface area (Å²) in [7, 11) is 0. The maximum absolute atomic E-state index is 12.5. The minimum atomic E-state index is -0.200. The highest BCUT2D eigenvalue weighted by molar-refractivity contribution is 9.10. The van der Waals surface area contributed by atoms with Crippen LogP contribution in [0.3, 0.4) is 0 Å². The van der Waals surface area contributed by atoms with E-state index in [-0.39, 0.29) is 17.9 Å². The first-order chi connectivity index (χ1) is 13.6. The summed E-state index contributed by atoms with van der Waals surface area (Å²) in [5.74, 6) is 0.752. The standard InChI is InChI=1S/C21H23BrN2O3S/c22-16-9-7-15(8-10-16)13-28-14-20(25)24-19-6-2-1-5-18(19)21(26)23-12-17-4-3-11-27-17/h1-2,5-10,17H,3-4,11-14H2,(H,23,26)(H,24,25)/t17-/m0/s1. The highest BCUT2D eigenvalue weighted by Crippen LogP contribution is 2.18. The summed E-state index contributed by atoms with van der Waals surface area (Å²) in [4.78, 5) is 24.8. The maximum atomic E-state index is 12.5. The largest absolute Gasteiger partial charge is 0.376 e. The molecule has 2 aromatic rings. The van der Waals surface area contributed by atoms with E-state index in [1.54, 1.807) is 24.3 Å². The zero-order valence-corrected chi connectivity index (χ0v) is 17.9. The first kappa shape index (κ1) is 20.9. The number of ether oxygens (including phenoxy) is 1. The Morgan fingerprint density at radius 1 is 1.14 bits per heavy atom. The van der Waals surface area contributed by atoms with Crippen molar-refractivity contribution in [1.82, 2.24) is 5.32 Å². The average molecular weight is 463 g/mol. The van der Waals surface area contributed by atoms with Gasteiger partial charge in [0, 0.05) is 23.4 Å². The van der Waals surface area contributed by atoms with Gasteiger partial charge in [0.2, 0.25) is 5.91 Å². The van der Waals surface area contributed by atoms with Gasteiger partial charge in [-0.2, -0.15) is 0 Å². The van der Waals surface area contributed by atoms with Crippen molar-refractivity contribution in [2.75, 3.05) is 24.2 Å². The van der Waals surface area contributed by atoms with E-state index >= 15 is 0 Å². The SMILES string of the molecule is O=C(CSCc1ccc(Br)cc1)Nc1ccccc1C(=O)NC[C@@H]1CCCO1. The van der Waals surface area contributed by atoms with Crippen LogP contribution in [0.2, 0.25) is 0 Å². The van der Waals surface area contributed by atoms with E-state index < -0.39 is 0 Å². The van der Waals surface area contributed by atoms with Crippen molar-refractivity contribution < 1.29 is 14.3 Å². The molecule has 2 amide bonds. The molecule has 0 saturated carbocycles. The Kier molecular flexibility index (Phi) is 7.94. The van der Waals surface area contributed by atoms with Gasteiger partial charge in [-0.25, -0.2) is 0 Å². The fraction of sp³-hybridized carbons (Fsp3) is 0.333. The highest BCUT2D eigenvalue weighted by Gasteiger charge is 2.18. The number of para-hydroxylation sites is 1. The molecule has 1 aliphatic rings. The number of benzene rings is 2. The van der Waals surface area contributed by atoms with Crippen LogP contribution in [0.15, 0.2) is 53.0 Å². The second kappa shape index (κ2) is 10.6. The van der Waals surface area contributed by atoms with Crippen molar-refractivity contribution in [3.63, 3.8) is 0 Å². The molecule has 1 heterocycles. The van der Waals surface area contributed by atoms with E-state index in [1.807, 2.05) is 24.3 Å². The third kappa shape index (κ3) is 6.36. The Balaban J connectivity index is 1.49. The quantitative estimate of drug-likeness (QED) is 0.615. The number of rotatable bonds is 8. The average Bonchev–Trinajstić information content (AvgIpc) is 3.22. The first-order valence-electron chi connectivity index (χ1n) is 9.22. The van der Waals surface area contributed by atoms with Crippen LogP contribution < -0.4 is 10.6 Å². The molecule has 2 aromatic carbocycles. The molecular weight excluding hydrogens is 440 g/mol. The van der Waals surface area contributed by atoms with Crippen LogP contribution in [0, 0.1) is 0 Å². The lowest BCUT2D eigenvalue weighted by Gasteiger charge is -2.13. The number of hydrogen-bond acceptors (Lipinski definition) is 4. The molecule has 0 radical (unpaired) electrons. The fourth-order valence-electron chi connectivity index (χ4n) is 2.93. The van der Waals surface area contributed by atoms with Gasteiger partial charge in [-0.05, 0) is 42.7 Å². The van der Waals surface area contributed by atoms with Crippen molar-refractivity contribution in [1.29, 1.82) is 0 Å². The zero-order valence-electron chi connectivity index (χ0n) is 15.4. The van der Waals surface area contributed by atoms with Crippen molar-refractivity contribution in [2.24, 2.45) is 0 Å². The molecule has 5 nitrogen and oxygen atoms in total. The summed E-state index contributed by atoms with van der Waals surface area (Å²) in [6.07, 6.45) is 2.08. The summed E-state index contributed by atoms with van der Waals surface area (Å²) < 4.78 is 6.57. The number of halogens is 1. The van der Waals surface area contributed by atoms with Crippen molar-refractivity contribution in [2.45, 2.75) is 24.7 Å². The zero-order chi connectivity index (χ0) is 19.8. The van der Waals surface area contributed by atoms with Gasteiger partial charge >= 0.3 is 0 Å². The summed E-state index contributed by atoms with van der Waals surface area (Å²) in [6.45, 7) is 1.25. The fourth-order valence-corrected chi connectivity index (χ4v) is 3.98. The lowest BCUT2D eigenvalue weighted by atomic mass is 10.1. The predicted octanol–water partition coefficient (Wildman–Crippen LogP) is 4.23. The number of carbonyl (C=O) groups is 2. The second-order valence-electron chi connectivity index (χ2n) is 6.56. The Morgan fingerprint density at radius 3 is 2.68 bits per heavy atom. The molecule has 28 heavy (non-hydrogen) atoms. The number of nitrogens with one attached hydrogen (secondary N) is 2.